The number of nitrogens with one attached hydrogen (secondary N) is 3. The Hall–Kier alpha value is -7.18. The van der Waals surface area contributed by atoms with Crippen LogP contribution in [0.15, 0.2) is 30.3 Å². The summed E-state index contributed by atoms with van der Waals surface area (Å²) in [6.07, 6.45) is -1.33. The van der Waals surface area contributed by atoms with Gasteiger partial charge in [-0.15, -0.1) is 0 Å². The van der Waals surface area contributed by atoms with Gasteiger partial charge in [0.25, 0.3) is 0 Å². The van der Waals surface area contributed by atoms with Gasteiger partial charge < -0.3 is 66.2 Å². The lowest BCUT2D eigenvalue weighted by Gasteiger charge is -2.37. The Morgan fingerprint density at radius 1 is 0.654 bits per heavy atom. The minimum Gasteiger partial charge on any atom is -0.481 e. The number of carboxylic acids is 3. The van der Waals surface area contributed by atoms with E-state index in [1.54, 1.807) is 55.4 Å². The second kappa shape index (κ2) is 31.7. The molecule has 8 amide bonds. The van der Waals surface area contributed by atoms with E-state index in [9.17, 15) is 72.9 Å². The summed E-state index contributed by atoms with van der Waals surface area (Å²) in [5.41, 5.74) is 7.13. The highest BCUT2D eigenvalue weighted by molar-refractivity contribution is 5.98. The minimum absolute atomic E-state index is 0.0572. The zero-order chi connectivity index (χ0) is 61.2. The quantitative estimate of drug-likeness (QED) is 0.0514. The predicted octanol–water partition coefficient (Wildman–Crippen LogP) is 1.24. The summed E-state index contributed by atoms with van der Waals surface area (Å²) >= 11 is 0. The number of carboxylic acid groups (broad SMARTS) is 3. The third kappa shape index (κ3) is 18.7. The van der Waals surface area contributed by atoms with Crippen molar-refractivity contribution in [3.05, 3.63) is 35.9 Å². The van der Waals surface area contributed by atoms with E-state index in [1.807, 2.05) is 30.3 Å². The lowest BCUT2D eigenvalue weighted by molar-refractivity contribution is -0.173. The molecule has 8 N–H and O–H groups in total. The molecule has 2 aliphatic heterocycles. The fourth-order valence-electron chi connectivity index (χ4n) is 10.2. The van der Waals surface area contributed by atoms with Crippen LogP contribution in [-0.4, -0.2) is 206 Å². The molecular weight excluding hydrogens is 1050 g/mol. The molecule has 0 aromatic heterocycles. The average molecular weight is 1140 g/mol. The molecular formula is C56H87N9O16. The number of esters is 1. The van der Waals surface area contributed by atoms with E-state index in [2.05, 4.69) is 16.0 Å². The van der Waals surface area contributed by atoms with Crippen molar-refractivity contribution < 1.29 is 77.6 Å². The second-order valence-electron chi connectivity index (χ2n) is 22.1. The van der Waals surface area contributed by atoms with Crippen molar-refractivity contribution >= 4 is 71.1 Å². The van der Waals surface area contributed by atoms with Crippen molar-refractivity contribution in [3.63, 3.8) is 0 Å². The van der Waals surface area contributed by atoms with Gasteiger partial charge in [-0.2, -0.15) is 0 Å². The largest absolute Gasteiger partial charge is 0.481 e. The number of likely N-dealkylation sites (N-methyl/N-ethyl adjacent to an activating group) is 3. The first-order chi connectivity index (χ1) is 38.0. The molecule has 11 atom stereocenters. The lowest BCUT2D eigenvalue weighted by Crippen LogP contribution is -2.61. The first-order valence-electron chi connectivity index (χ1n) is 27.9. The van der Waals surface area contributed by atoms with Gasteiger partial charge in [0.15, 0.2) is 0 Å². The van der Waals surface area contributed by atoms with Crippen molar-refractivity contribution in [3.8, 4) is 0 Å². The normalized spacial score (nSPS) is 18.4. The van der Waals surface area contributed by atoms with Crippen molar-refractivity contribution in [2.24, 2.45) is 29.4 Å². The molecule has 2 heterocycles. The van der Waals surface area contributed by atoms with Crippen molar-refractivity contribution in [2.75, 3.05) is 40.8 Å². The Kier molecular flexibility index (Phi) is 26.7. The summed E-state index contributed by atoms with van der Waals surface area (Å²) in [6.45, 7) is 13.0. The maximum atomic E-state index is 14.7. The fourth-order valence-corrected chi connectivity index (χ4v) is 10.2. The second-order valence-corrected chi connectivity index (χ2v) is 22.1. The van der Waals surface area contributed by atoms with Crippen LogP contribution in [0.2, 0.25) is 0 Å². The molecule has 0 spiro atoms. The van der Waals surface area contributed by atoms with Crippen LogP contribution < -0.4 is 21.7 Å². The van der Waals surface area contributed by atoms with Gasteiger partial charge in [0.2, 0.25) is 53.4 Å². The number of amides is 8. The van der Waals surface area contributed by atoms with E-state index in [-0.39, 0.29) is 19.4 Å². The summed E-state index contributed by atoms with van der Waals surface area (Å²) < 4.78 is 5.34. The zero-order valence-corrected chi connectivity index (χ0v) is 48.8. The number of benzene rings is 1. The third-order valence-electron chi connectivity index (χ3n) is 15.5. The van der Waals surface area contributed by atoms with Crippen molar-refractivity contribution in [1.82, 2.24) is 40.4 Å². The van der Waals surface area contributed by atoms with Crippen LogP contribution >= 0.6 is 0 Å². The summed E-state index contributed by atoms with van der Waals surface area (Å²) in [7, 11) is 3.84. The number of carbonyl (C=O) groups excluding carboxylic acids is 9. The number of hydrogen-bond acceptors (Lipinski definition) is 14. The van der Waals surface area contributed by atoms with Gasteiger partial charge in [-0.1, -0.05) is 92.1 Å². The molecule has 81 heavy (non-hydrogen) atoms. The molecule has 2 unspecified atom stereocenters. The van der Waals surface area contributed by atoms with Gasteiger partial charge in [-0.3, -0.25) is 47.9 Å². The van der Waals surface area contributed by atoms with Gasteiger partial charge in [0, 0.05) is 53.0 Å². The Bertz CT molecular complexity index is 2410. The lowest BCUT2D eigenvalue weighted by atomic mass is 9.95. The van der Waals surface area contributed by atoms with Gasteiger partial charge in [0.05, 0.1) is 12.6 Å². The van der Waals surface area contributed by atoms with Crippen LogP contribution in [0.25, 0.3) is 0 Å². The molecule has 2 aliphatic rings. The summed E-state index contributed by atoms with van der Waals surface area (Å²) in [5.74, 6) is -13.1. The predicted molar refractivity (Wildman–Crippen MR) is 294 cm³/mol. The monoisotopic (exact) mass is 1140 g/mol. The summed E-state index contributed by atoms with van der Waals surface area (Å²) in [4.78, 5) is 168. The standard InChI is InChI=1S/C56H87N9O16/c1-12-33(7)45(53(76)65-28-18-22-39(65)50(73)59-44(31(3)4)52(75)62(10)40(24-26-43(69)70)56(80)81-47(55(78)79)34(8)13-2)60-49(72)37(23-25-42(67)68)61(9)54(77)46(32(5)6)63(11)41(66)30-58-48(71)38-21-17-27-64(38)51(74)36(57)29-35-19-15-14-16-20-35/h14-16,19-20,31-34,36-40,44-47H,12-13,17-18,21-30,57H2,1-11H3,(H,58,71)(H,59,73)(H,60,72)(H,67,68)(H,69,70)(H,78,79)/t33-,34?,36-,37-,38-,39-,40-,44-,45-,46-,47?/m0/s1. The van der Waals surface area contributed by atoms with Crippen LogP contribution in [0.3, 0.4) is 0 Å². The number of nitrogens with two attached hydrogens (primary N) is 1. The van der Waals surface area contributed by atoms with E-state index in [4.69, 9.17) is 10.5 Å². The number of aliphatic carboxylic acids is 3. The highest BCUT2D eigenvalue weighted by Gasteiger charge is 2.45. The van der Waals surface area contributed by atoms with Crippen LogP contribution in [0.4, 0.5) is 0 Å². The topological polar surface area (TPSA) is 353 Å². The molecule has 0 radical (unpaired) electrons. The SMILES string of the molecule is CCC(C)C(OC(=O)[C@H](CCC(=O)O)N(C)C(=O)[C@@H](NC(=O)[C@@H]1CCCN1C(=O)[C@@H](NC(=O)[C@H](CCC(=O)O)N(C)C(=O)[C@H](C(C)C)N(C)C(=O)CNC(=O)[C@@H]1CCCN1C(=O)[C@@H](N)Cc1ccccc1)[C@@H](C)CC)C(C)C)C(=O)O. The third-order valence-corrected chi connectivity index (χ3v) is 15.5. The van der Waals surface area contributed by atoms with E-state index in [1.165, 1.54) is 30.9 Å². The highest BCUT2D eigenvalue weighted by atomic mass is 16.6. The fraction of sp³-hybridized carbons (Fsp3) is 0.679. The molecule has 0 saturated carbocycles. The van der Waals surface area contributed by atoms with Crippen LogP contribution in [0.1, 0.15) is 125 Å². The molecule has 2 fully saturated rings. The van der Waals surface area contributed by atoms with Gasteiger partial charge in [-0.25, -0.2) is 9.59 Å². The molecule has 2 saturated heterocycles. The Balaban J connectivity index is 1.82. The number of ether oxygens (including phenoxy) is 1. The van der Waals surface area contributed by atoms with E-state index < -0.39 is 181 Å². The minimum atomic E-state index is -1.59. The highest BCUT2D eigenvalue weighted by Crippen LogP contribution is 2.25. The molecule has 452 valence electrons. The molecule has 0 aliphatic carbocycles. The van der Waals surface area contributed by atoms with Gasteiger partial charge in [0.1, 0.15) is 42.3 Å². The van der Waals surface area contributed by atoms with E-state index in [0.717, 1.165) is 20.3 Å². The van der Waals surface area contributed by atoms with E-state index in [0.29, 0.717) is 38.6 Å². The van der Waals surface area contributed by atoms with Crippen molar-refractivity contribution in [1.29, 1.82) is 0 Å². The summed E-state index contributed by atoms with van der Waals surface area (Å²) in [6, 6.07) is -0.687. The number of rotatable bonds is 31. The number of carbonyl (C=O) groups is 12. The first-order valence-corrected chi connectivity index (χ1v) is 27.9. The maximum absolute atomic E-state index is 14.7. The number of likely N-dealkylation sites (tertiary alicyclic amines) is 2. The average Bonchev–Trinajstić information content (AvgIpc) is 4.21. The van der Waals surface area contributed by atoms with Gasteiger partial charge >= 0.3 is 23.9 Å². The maximum Gasteiger partial charge on any atom is 0.345 e. The van der Waals surface area contributed by atoms with Gasteiger partial charge in [-0.05, 0) is 74.7 Å². The first kappa shape index (κ1) is 68.1. The molecule has 25 nitrogen and oxygen atoms in total. The molecule has 25 heteroatoms. The van der Waals surface area contributed by atoms with Crippen LogP contribution in [-0.2, 0) is 68.7 Å². The Labute approximate surface area is 474 Å². The Morgan fingerprint density at radius 2 is 1.17 bits per heavy atom. The molecule has 3 rings (SSSR count). The Morgan fingerprint density at radius 3 is 1.68 bits per heavy atom. The smallest absolute Gasteiger partial charge is 0.345 e. The number of hydrogen-bond donors (Lipinski definition) is 7. The van der Waals surface area contributed by atoms with E-state index >= 15 is 0 Å². The molecule has 0 bridgehead atoms. The number of nitrogens with zero attached hydrogens (tertiary/aromatic N) is 5. The summed E-state index contributed by atoms with van der Waals surface area (Å²) in [5, 5.41) is 37.0. The van der Waals surface area contributed by atoms with Crippen molar-refractivity contribution in [2.45, 2.75) is 180 Å². The zero-order valence-electron chi connectivity index (χ0n) is 48.8. The molecule has 1 aromatic carbocycles. The molecule has 1 aromatic rings. The van der Waals surface area contributed by atoms with Crippen LogP contribution in [0.5, 0.6) is 0 Å². The van der Waals surface area contributed by atoms with Crippen LogP contribution in [0, 0.1) is 23.7 Å².